The predicted molar refractivity (Wildman–Crippen MR) is 88.4 cm³/mol. The zero-order chi connectivity index (χ0) is 10.4. The molecule has 0 fully saturated rings. The van der Waals surface area contributed by atoms with Crippen molar-refractivity contribution in [2.75, 3.05) is 5.75 Å². The number of aromatic nitrogens is 3. The fourth-order valence-corrected chi connectivity index (χ4v) is 4.40. The monoisotopic (exact) mass is 551 g/mol. The summed E-state index contributed by atoms with van der Waals surface area (Å²) in [6.45, 7) is 1.01. The molecule has 0 aromatic carbocycles. The molecule has 0 unspecified atom stereocenters. The molecule has 0 aliphatic carbocycles. The van der Waals surface area contributed by atoms with Gasteiger partial charge < -0.3 is 0 Å². The lowest BCUT2D eigenvalue weighted by atomic mass is 10.2. The van der Waals surface area contributed by atoms with Gasteiger partial charge in [-0.1, -0.05) is 13.2 Å². The molecule has 0 radical (unpaired) electrons. The largest absolute Gasteiger partial charge is 0.253 e. The van der Waals surface area contributed by atoms with Crippen molar-refractivity contribution in [3.63, 3.8) is 0 Å². The molecule has 0 saturated heterocycles. The van der Waals surface area contributed by atoms with Gasteiger partial charge in [0.2, 0.25) is 0 Å². The zero-order valence-corrected chi connectivity index (χ0v) is 14.9. The standard InChI is InChI=1S/C7H12I3N3S/c8-14(9,10)7-3-1-2-5-13-6-4-11-12-13/h4,6H,1-3,5,7H2. The maximum atomic E-state index is 3.93. The van der Waals surface area contributed by atoms with Crippen molar-refractivity contribution in [1.29, 1.82) is 0 Å². The Hall–Kier alpha value is 1.68. The number of aryl methyl sites for hydroxylation is 1. The Balaban J connectivity index is 2.00. The average Bonchev–Trinajstić information content (AvgIpc) is 2.54. The molecule has 0 atom stereocenters. The molecule has 0 bridgehead atoms. The number of unbranched alkanes of at least 4 members (excludes halogenated alkanes) is 2. The molecule has 7 heteroatoms. The molecule has 0 amide bonds. The zero-order valence-electron chi connectivity index (χ0n) is 7.57. The summed E-state index contributed by atoms with van der Waals surface area (Å²) in [7, 11) is 0. The first-order chi connectivity index (χ1) is 6.58. The lowest BCUT2D eigenvalue weighted by molar-refractivity contribution is 0.538. The Morgan fingerprint density at radius 3 is 2.50 bits per heavy atom. The Morgan fingerprint density at radius 1 is 1.14 bits per heavy atom. The van der Waals surface area contributed by atoms with Crippen LogP contribution in [0.1, 0.15) is 19.3 Å². The molecule has 82 valence electrons. The van der Waals surface area contributed by atoms with Crippen LogP contribution in [0.5, 0.6) is 0 Å². The third-order valence-corrected chi connectivity index (χ3v) is 6.45. The van der Waals surface area contributed by atoms with Crippen molar-refractivity contribution in [2.24, 2.45) is 0 Å². The van der Waals surface area contributed by atoms with Crippen LogP contribution < -0.4 is 0 Å². The quantitative estimate of drug-likeness (QED) is 0.391. The summed E-state index contributed by atoms with van der Waals surface area (Å²) < 4.78 is 1.52. The van der Waals surface area contributed by atoms with E-state index in [1.165, 1.54) is 25.0 Å². The van der Waals surface area contributed by atoms with Crippen molar-refractivity contribution >= 4 is 65.2 Å². The van der Waals surface area contributed by atoms with Gasteiger partial charge in [-0.2, -0.15) is 0 Å². The van der Waals surface area contributed by atoms with E-state index >= 15 is 0 Å². The van der Waals surface area contributed by atoms with E-state index in [2.05, 4.69) is 73.9 Å². The van der Waals surface area contributed by atoms with E-state index in [0.717, 1.165) is 6.54 Å². The molecular formula is C7H12I3N3S. The van der Waals surface area contributed by atoms with Crippen LogP contribution in [0, 0.1) is 0 Å². The molecule has 0 aliphatic rings. The summed E-state index contributed by atoms with van der Waals surface area (Å²) in [5, 5.41) is 7.70. The highest BCUT2D eigenvalue weighted by molar-refractivity contribution is 14.5. The molecule has 0 aliphatic heterocycles. The molecule has 1 aromatic rings. The van der Waals surface area contributed by atoms with E-state index in [4.69, 9.17) is 0 Å². The number of rotatable bonds is 6. The van der Waals surface area contributed by atoms with Gasteiger partial charge in [0.15, 0.2) is 0 Å². The van der Waals surface area contributed by atoms with E-state index in [0.29, 0.717) is 0 Å². The van der Waals surface area contributed by atoms with Gasteiger partial charge in [-0.05, 0) is 76.5 Å². The number of halogens is 3. The third kappa shape index (κ3) is 7.04. The Labute approximate surface area is 122 Å². The van der Waals surface area contributed by atoms with E-state index in [-0.39, 0.29) is 1.54 Å². The highest BCUT2D eigenvalue weighted by atomic mass is 127. The van der Waals surface area contributed by atoms with Gasteiger partial charge in [-0.3, -0.25) is 4.68 Å². The van der Waals surface area contributed by atoms with Gasteiger partial charge in [-0.15, -0.1) is 5.10 Å². The minimum absolute atomic E-state index is 0.383. The Morgan fingerprint density at radius 2 is 1.93 bits per heavy atom. The van der Waals surface area contributed by atoms with Crippen molar-refractivity contribution in [3.8, 4) is 0 Å². The summed E-state index contributed by atoms with van der Waals surface area (Å²) in [4.78, 5) is 0. The Bertz CT molecular complexity index is 247. The van der Waals surface area contributed by atoms with Gasteiger partial charge in [0.1, 0.15) is 0 Å². The molecule has 1 heterocycles. The second kappa shape index (κ2) is 7.09. The lowest BCUT2D eigenvalue weighted by Crippen LogP contribution is -1.99. The number of hydrogen-bond acceptors (Lipinski definition) is 2. The second-order valence-corrected chi connectivity index (χ2v) is 33.0. The van der Waals surface area contributed by atoms with E-state index < -0.39 is 0 Å². The minimum Gasteiger partial charge on any atom is -0.253 e. The first kappa shape index (κ1) is 13.7. The Kier molecular flexibility index (Phi) is 6.96. The fraction of sp³-hybridized carbons (Fsp3) is 0.714. The van der Waals surface area contributed by atoms with Crippen LogP contribution in [-0.4, -0.2) is 20.7 Å². The fourth-order valence-electron chi connectivity index (χ4n) is 1.07. The topological polar surface area (TPSA) is 30.7 Å². The SMILES string of the molecule is IS(I)(I)CCCCCn1ccnn1. The number of hydrogen-bond donors (Lipinski definition) is 0. The molecule has 0 N–H and O–H groups in total. The van der Waals surface area contributed by atoms with Crippen LogP contribution in [0.25, 0.3) is 0 Å². The minimum atomic E-state index is -0.383. The molecular weight excluding hydrogens is 539 g/mol. The molecule has 3 nitrogen and oxygen atoms in total. The van der Waals surface area contributed by atoms with Gasteiger partial charge in [0.25, 0.3) is 0 Å². The van der Waals surface area contributed by atoms with Crippen LogP contribution in [0.4, 0.5) is 0 Å². The maximum Gasteiger partial charge on any atom is 0.0692 e. The van der Waals surface area contributed by atoms with Crippen LogP contribution >= 0.6 is 65.2 Å². The lowest BCUT2D eigenvalue weighted by Gasteiger charge is -2.16. The normalized spacial score (nSPS) is 13.1. The molecule has 1 rings (SSSR count). The van der Waals surface area contributed by atoms with Gasteiger partial charge in [-0.25, -0.2) is 0 Å². The first-order valence-electron chi connectivity index (χ1n) is 4.32. The summed E-state index contributed by atoms with van der Waals surface area (Å²) in [5.74, 6) is 1.35. The van der Waals surface area contributed by atoms with Crippen molar-refractivity contribution in [1.82, 2.24) is 15.0 Å². The van der Waals surface area contributed by atoms with Crippen LogP contribution in [0.15, 0.2) is 12.4 Å². The van der Waals surface area contributed by atoms with Crippen molar-refractivity contribution < 1.29 is 0 Å². The van der Waals surface area contributed by atoms with Gasteiger partial charge in [0, 0.05) is 18.5 Å². The van der Waals surface area contributed by atoms with E-state index in [9.17, 15) is 0 Å². The summed E-state index contributed by atoms with van der Waals surface area (Å²) in [6, 6.07) is 0. The predicted octanol–water partition coefficient (Wildman–Crippen LogP) is 4.30. The van der Waals surface area contributed by atoms with Crippen molar-refractivity contribution in [3.05, 3.63) is 12.4 Å². The van der Waals surface area contributed by atoms with E-state index in [1.54, 1.807) is 6.20 Å². The summed E-state index contributed by atoms with van der Waals surface area (Å²) in [6.07, 6.45) is 7.49. The van der Waals surface area contributed by atoms with Crippen LogP contribution in [0.3, 0.4) is 0 Å². The average molecular weight is 551 g/mol. The first-order valence-corrected chi connectivity index (χ1v) is 13.7. The highest BCUT2D eigenvalue weighted by Crippen LogP contribution is 2.71. The van der Waals surface area contributed by atoms with Crippen molar-refractivity contribution in [2.45, 2.75) is 25.8 Å². The smallest absolute Gasteiger partial charge is 0.0692 e. The molecule has 14 heavy (non-hydrogen) atoms. The number of nitrogens with zero attached hydrogens (tertiary/aromatic N) is 3. The van der Waals surface area contributed by atoms with Gasteiger partial charge in [0.05, 0.1) is 6.20 Å². The van der Waals surface area contributed by atoms with Crippen LogP contribution in [0.2, 0.25) is 0 Å². The second-order valence-electron chi connectivity index (χ2n) is 2.93. The summed E-state index contributed by atoms with van der Waals surface area (Å²) in [5.41, 5.74) is 0. The van der Waals surface area contributed by atoms with Gasteiger partial charge >= 0.3 is 0 Å². The molecule has 1 aromatic heterocycles. The third-order valence-electron chi connectivity index (χ3n) is 1.73. The summed E-state index contributed by atoms with van der Waals surface area (Å²) >= 11 is 7.70. The molecule has 0 saturated carbocycles. The maximum absolute atomic E-state index is 3.93. The van der Waals surface area contributed by atoms with Crippen LogP contribution in [-0.2, 0) is 6.54 Å². The van der Waals surface area contributed by atoms with E-state index in [1.807, 2.05) is 10.9 Å². The highest BCUT2D eigenvalue weighted by Gasteiger charge is 2.09. The molecule has 0 spiro atoms.